The van der Waals surface area contributed by atoms with Crippen LogP contribution in [0.15, 0.2) is 26.4 Å². The van der Waals surface area contributed by atoms with Crippen LogP contribution in [-0.4, -0.2) is 15.4 Å². The summed E-state index contributed by atoms with van der Waals surface area (Å²) in [5.74, 6) is 1.82. The zero-order chi connectivity index (χ0) is 9.80. The fourth-order valence-electron chi connectivity index (χ4n) is 0.828. The molecule has 74 valence electrons. The summed E-state index contributed by atoms with van der Waals surface area (Å²) in [4.78, 5) is 0. The van der Waals surface area contributed by atoms with Crippen molar-refractivity contribution >= 4 is 11.8 Å². The van der Waals surface area contributed by atoms with Crippen molar-refractivity contribution < 1.29 is 8.94 Å². The molecule has 0 fully saturated rings. The zero-order valence-electron chi connectivity index (χ0n) is 7.21. The van der Waals surface area contributed by atoms with Gasteiger partial charge in [0.1, 0.15) is 5.76 Å². The van der Waals surface area contributed by atoms with E-state index in [2.05, 4.69) is 15.4 Å². The molecular weight excluding hydrogens is 204 g/mol. The molecular formula is C7H8N4O2S. The van der Waals surface area contributed by atoms with Crippen LogP contribution >= 0.6 is 11.8 Å². The first kappa shape index (κ1) is 9.22. The van der Waals surface area contributed by atoms with E-state index in [-0.39, 0.29) is 6.54 Å². The van der Waals surface area contributed by atoms with Crippen molar-refractivity contribution in [2.45, 2.75) is 17.5 Å². The number of thioether (sulfide) groups is 1. The minimum atomic E-state index is 0.260. The molecule has 0 aliphatic heterocycles. The lowest BCUT2D eigenvalue weighted by atomic mass is 10.5. The maximum Gasteiger partial charge on any atom is 0.277 e. The fourth-order valence-corrected chi connectivity index (χ4v) is 1.50. The molecule has 2 aromatic heterocycles. The van der Waals surface area contributed by atoms with E-state index < -0.39 is 0 Å². The number of nitrogens with two attached hydrogens (primary N) is 1. The predicted molar refractivity (Wildman–Crippen MR) is 48.3 cm³/mol. The third kappa shape index (κ3) is 2.12. The van der Waals surface area contributed by atoms with E-state index in [4.69, 9.17) is 14.7 Å². The molecule has 14 heavy (non-hydrogen) atoms. The Morgan fingerprint density at radius 1 is 1.43 bits per heavy atom. The van der Waals surface area contributed by atoms with Gasteiger partial charge in [0.25, 0.3) is 5.22 Å². The molecule has 2 heterocycles. The molecule has 0 saturated carbocycles. The van der Waals surface area contributed by atoms with E-state index in [1.165, 1.54) is 11.8 Å². The molecule has 0 saturated heterocycles. The molecule has 0 bridgehead atoms. The molecule has 0 aliphatic carbocycles. The highest BCUT2D eigenvalue weighted by molar-refractivity contribution is 7.98. The van der Waals surface area contributed by atoms with Gasteiger partial charge in [-0.25, -0.2) is 0 Å². The molecule has 0 unspecified atom stereocenters. The first-order chi connectivity index (χ1) is 6.88. The minimum absolute atomic E-state index is 0.260. The highest BCUT2D eigenvalue weighted by atomic mass is 32.2. The summed E-state index contributed by atoms with van der Waals surface area (Å²) in [5.41, 5.74) is 5.32. The maximum absolute atomic E-state index is 5.32. The van der Waals surface area contributed by atoms with Gasteiger partial charge in [-0.2, -0.15) is 0 Å². The number of nitrogens with zero attached hydrogens (tertiary/aromatic N) is 3. The monoisotopic (exact) mass is 212 g/mol. The molecule has 0 spiro atoms. The van der Waals surface area contributed by atoms with Gasteiger partial charge in [-0.05, 0) is 0 Å². The summed E-state index contributed by atoms with van der Waals surface area (Å²) in [5, 5.41) is 11.6. The van der Waals surface area contributed by atoms with Gasteiger partial charge in [0.05, 0.1) is 18.5 Å². The molecule has 7 heteroatoms. The Morgan fingerprint density at radius 2 is 2.36 bits per heavy atom. The van der Waals surface area contributed by atoms with Crippen molar-refractivity contribution in [1.82, 2.24) is 15.4 Å². The molecule has 2 N–H and O–H groups in total. The van der Waals surface area contributed by atoms with Crippen molar-refractivity contribution in [3.63, 3.8) is 0 Å². The van der Waals surface area contributed by atoms with Crippen molar-refractivity contribution in [2.24, 2.45) is 5.73 Å². The van der Waals surface area contributed by atoms with E-state index in [0.29, 0.717) is 16.9 Å². The summed E-state index contributed by atoms with van der Waals surface area (Å²) < 4.78 is 10.1. The van der Waals surface area contributed by atoms with E-state index in [0.717, 1.165) is 5.76 Å². The van der Waals surface area contributed by atoms with Crippen molar-refractivity contribution in [3.8, 4) is 0 Å². The van der Waals surface area contributed by atoms with Gasteiger partial charge in [-0.3, -0.25) is 0 Å². The van der Waals surface area contributed by atoms with Crippen molar-refractivity contribution in [1.29, 1.82) is 0 Å². The van der Waals surface area contributed by atoms with Crippen LogP contribution in [0.25, 0.3) is 0 Å². The lowest BCUT2D eigenvalue weighted by Crippen LogP contribution is -1.95. The molecule has 2 aromatic rings. The minimum Gasteiger partial charge on any atom is -0.415 e. The second kappa shape index (κ2) is 4.25. The highest BCUT2D eigenvalue weighted by Crippen LogP contribution is 2.20. The number of aromatic nitrogens is 3. The van der Waals surface area contributed by atoms with E-state index in [1.54, 1.807) is 12.3 Å². The van der Waals surface area contributed by atoms with Gasteiger partial charge in [-0.15, -0.1) is 10.2 Å². The molecule has 0 atom stereocenters. The Morgan fingerprint density at radius 3 is 3.00 bits per heavy atom. The highest BCUT2D eigenvalue weighted by Gasteiger charge is 2.06. The summed E-state index contributed by atoms with van der Waals surface area (Å²) in [6.07, 6.45) is 1.59. The van der Waals surface area contributed by atoms with Gasteiger partial charge in [0.15, 0.2) is 0 Å². The summed E-state index contributed by atoms with van der Waals surface area (Å²) >= 11 is 1.38. The normalized spacial score (nSPS) is 10.6. The summed E-state index contributed by atoms with van der Waals surface area (Å²) in [6, 6.07) is 1.78. The molecule has 0 aliphatic rings. The number of hydrogen-bond donors (Lipinski definition) is 1. The summed E-state index contributed by atoms with van der Waals surface area (Å²) in [6.45, 7) is 0.260. The second-order valence-corrected chi connectivity index (χ2v) is 3.36. The second-order valence-electron chi connectivity index (χ2n) is 2.43. The van der Waals surface area contributed by atoms with E-state index in [9.17, 15) is 0 Å². The Labute approximate surface area is 83.8 Å². The van der Waals surface area contributed by atoms with E-state index in [1.807, 2.05) is 0 Å². The Balaban J connectivity index is 1.92. The molecule has 0 radical (unpaired) electrons. The van der Waals surface area contributed by atoms with Crippen molar-refractivity contribution in [3.05, 3.63) is 23.9 Å². The van der Waals surface area contributed by atoms with Crippen LogP contribution in [-0.2, 0) is 12.3 Å². The van der Waals surface area contributed by atoms with Crippen LogP contribution < -0.4 is 5.73 Å². The van der Waals surface area contributed by atoms with Gasteiger partial charge in [0, 0.05) is 6.07 Å². The van der Waals surface area contributed by atoms with Gasteiger partial charge < -0.3 is 14.7 Å². The Hall–Kier alpha value is -1.34. The van der Waals surface area contributed by atoms with Crippen LogP contribution in [0.2, 0.25) is 0 Å². The lowest BCUT2D eigenvalue weighted by molar-refractivity contribution is 0.392. The Bertz CT molecular complexity index is 386. The van der Waals surface area contributed by atoms with Gasteiger partial charge in [-0.1, -0.05) is 16.9 Å². The summed E-state index contributed by atoms with van der Waals surface area (Å²) in [7, 11) is 0. The average molecular weight is 212 g/mol. The fraction of sp³-hybridized carbons (Fsp3) is 0.286. The molecule has 2 rings (SSSR count). The van der Waals surface area contributed by atoms with Crippen LogP contribution in [0.5, 0.6) is 0 Å². The topological polar surface area (TPSA) is 91.0 Å². The van der Waals surface area contributed by atoms with Crippen LogP contribution in [0.4, 0.5) is 0 Å². The molecule has 6 nitrogen and oxygen atoms in total. The SMILES string of the molecule is NCc1nnc(SCc2ccno2)o1. The smallest absolute Gasteiger partial charge is 0.277 e. The molecule has 0 amide bonds. The predicted octanol–water partition coefficient (Wildman–Crippen LogP) is 0.809. The average Bonchev–Trinajstić information content (AvgIpc) is 2.86. The third-order valence-corrected chi connectivity index (χ3v) is 2.29. The van der Waals surface area contributed by atoms with Crippen LogP contribution in [0.3, 0.4) is 0 Å². The largest absolute Gasteiger partial charge is 0.415 e. The standard InChI is InChI=1S/C7H8N4O2S/c8-3-6-10-11-7(12-6)14-4-5-1-2-9-13-5/h1-2H,3-4,8H2. The lowest BCUT2D eigenvalue weighted by Gasteiger charge is -1.89. The first-order valence-corrected chi connectivity index (χ1v) is 4.92. The molecule has 0 aromatic carbocycles. The number of rotatable bonds is 4. The quantitative estimate of drug-likeness (QED) is 0.749. The van der Waals surface area contributed by atoms with Gasteiger partial charge >= 0.3 is 0 Å². The zero-order valence-corrected chi connectivity index (χ0v) is 8.03. The first-order valence-electron chi connectivity index (χ1n) is 3.93. The maximum atomic E-state index is 5.32. The van der Waals surface area contributed by atoms with E-state index >= 15 is 0 Å². The van der Waals surface area contributed by atoms with Crippen LogP contribution in [0, 0.1) is 0 Å². The number of hydrogen-bond acceptors (Lipinski definition) is 7. The van der Waals surface area contributed by atoms with Gasteiger partial charge in [0.2, 0.25) is 5.89 Å². The Kier molecular flexibility index (Phi) is 2.80. The van der Waals surface area contributed by atoms with Crippen molar-refractivity contribution in [2.75, 3.05) is 0 Å². The third-order valence-electron chi connectivity index (χ3n) is 1.45. The van der Waals surface area contributed by atoms with Crippen LogP contribution in [0.1, 0.15) is 11.7 Å².